The average Bonchev–Trinajstić information content (AvgIpc) is 1.94. The zero-order valence-electron chi connectivity index (χ0n) is 7.96. The Hall–Kier alpha value is -0.280. The van der Waals surface area contributed by atoms with Crippen molar-refractivity contribution in [1.29, 1.82) is 0 Å². The predicted molar refractivity (Wildman–Crippen MR) is 56.9 cm³/mol. The summed E-state index contributed by atoms with van der Waals surface area (Å²) in [7, 11) is 2.11. The molecule has 0 unspecified atom stereocenters. The van der Waals surface area contributed by atoms with Crippen LogP contribution in [0.4, 0.5) is 0 Å². The van der Waals surface area contributed by atoms with Crippen molar-refractivity contribution in [3.8, 4) is 0 Å². The second kappa shape index (κ2) is 4.10. The van der Waals surface area contributed by atoms with Gasteiger partial charge >= 0.3 is 0 Å². The number of thiol groups is 1. The molecule has 0 aromatic rings. The van der Waals surface area contributed by atoms with Gasteiger partial charge in [-0.05, 0) is 20.9 Å². The van der Waals surface area contributed by atoms with Crippen LogP contribution in [0.1, 0.15) is 20.3 Å². The molecule has 12 heavy (non-hydrogen) atoms. The van der Waals surface area contributed by atoms with Gasteiger partial charge in [0.1, 0.15) is 0 Å². The first-order chi connectivity index (χ1) is 5.59. The van der Waals surface area contributed by atoms with E-state index in [-0.39, 0.29) is 0 Å². The summed E-state index contributed by atoms with van der Waals surface area (Å²) in [6.07, 6.45) is 1.03. The number of hydrogen-bond acceptors (Lipinski definition) is 3. The van der Waals surface area contributed by atoms with E-state index >= 15 is 0 Å². The second-order valence-corrected chi connectivity index (χ2v) is 3.98. The van der Waals surface area contributed by atoms with E-state index in [0.717, 1.165) is 35.8 Å². The Bertz CT molecular complexity index is 227. The molecule has 0 N–H and O–H groups in total. The van der Waals surface area contributed by atoms with Crippen molar-refractivity contribution >= 4 is 18.3 Å². The Morgan fingerprint density at radius 3 is 2.67 bits per heavy atom. The molecule has 0 amide bonds. The van der Waals surface area contributed by atoms with Crippen LogP contribution in [0.2, 0.25) is 0 Å². The molecule has 1 aliphatic rings. The van der Waals surface area contributed by atoms with Crippen molar-refractivity contribution in [3.63, 3.8) is 0 Å². The Balaban J connectivity index is 2.76. The fraction of sp³-hybridized carbons (Fsp3) is 0.667. The summed E-state index contributed by atoms with van der Waals surface area (Å²) in [6.45, 7) is 6.07. The van der Waals surface area contributed by atoms with Gasteiger partial charge in [0, 0.05) is 30.1 Å². The third kappa shape index (κ3) is 2.64. The molecule has 1 aliphatic heterocycles. The van der Waals surface area contributed by atoms with Crippen LogP contribution in [0, 0.1) is 0 Å². The highest BCUT2D eigenvalue weighted by Gasteiger charge is 2.12. The second-order valence-electron chi connectivity index (χ2n) is 3.44. The monoisotopic (exact) mass is 184 g/mol. The Morgan fingerprint density at radius 1 is 1.50 bits per heavy atom. The summed E-state index contributed by atoms with van der Waals surface area (Å²) >= 11 is 4.42. The van der Waals surface area contributed by atoms with Crippen LogP contribution in [-0.2, 0) is 0 Å². The van der Waals surface area contributed by atoms with Crippen LogP contribution >= 0.6 is 12.6 Å². The molecule has 1 heterocycles. The van der Waals surface area contributed by atoms with Crippen LogP contribution in [0.3, 0.4) is 0 Å². The Kier molecular flexibility index (Phi) is 3.35. The van der Waals surface area contributed by atoms with Crippen LogP contribution in [0.5, 0.6) is 0 Å². The minimum Gasteiger partial charge on any atom is -0.301 e. The molecule has 0 fully saturated rings. The maximum Gasteiger partial charge on any atom is 0.0520 e. The lowest BCUT2D eigenvalue weighted by Crippen LogP contribution is -2.26. The highest BCUT2D eigenvalue weighted by atomic mass is 32.1. The van der Waals surface area contributed by atoms with Crippen LogP contribution < -0.4 is 0 Å². The zero-order valence-corrected chi connectivity index (χ0v) is 8.86. The molecule has 0 bridgehead atoms. The minimum atomic E-state index is 0.940. The molecule has 68 valence electrons. The lowest BCUT2D eigenvalue weighted by Gasteiger charge is -2.23. The molecule has 0 spiro atoms. The molecular weight excluding hydrogens is 168 g/mol. The van der Waals surface area contributed by atoms with Gasteiger partial charge in [-0.15, -0.1) is 12.6 Å². The van der Waals surface area contributed by atoms with Crippen molar-refractivity contribution in [3.05, 3.63) is 10.6 Å². The zero-order chi connectivity index (χ0) is 9.14. The molecule has 3 heteroatoms. The average molecular weight is 184 g/mol. The third-order valence-electron chi connectivity index (χ3n) is 1.84. The lowest BCUT2D eigenvalue weighted by molar-refractivity contribution is 0.355. The number of likely N-dealkylation sites (N-methyl/N-ethyl adjacent to an activating group) is 1. The van der Waals surface area contributed by atoms with E-state index in [0.29, 0.717) is 0 Å². The topological polar surface area (TPSA) is 15.6 Å². The standard InChI is InChI=1S/C9H16N2S/c1-7(2)10-8-4-5-11(3)6-9(8)12/h12H,4-6H2,1-3H3. The van der Waals surface area contributed by atoms with Gasteiger partial charge in [0.05, 0.1) is 5.70 Å². The maximum atomic E-state index is 4.45. The van der Waals surface area contributed by atoms with Crippen LogP contribution in [-0.4, -0.2) is 30.7 Å². The fourth-order valence-electron chi connectivity index (χ4n) is 1.26. The lowest BCUT2D eigenvalue weighted by atomic mass is 10.2. The molecule has 0 aromatic heterocycles. The molecule has 0 radical (unpaired) electrons. The fourth-order valence-corrected chi connectivity index (χ4v) is 1.66. The first-order valence-corrected chi connectivity index (χ1v) is 4.65. The first-order valence-electron chi connectivity index (χ1n) is 4.21. The summed E-state index contributed by atoms with van der Waals surface area (Å²) in [6, 6.07) is 0. The van der Waals surface area contributed by atoms with E-state index in [2.05, 4.69) is 29.6 Å². The van der Waals surface area contributed by atoms with E-state index in [1.807, 2.05) is 13.8 Å². The molecule has 0 aliphatic carbocycles. The number of hydrogen-bond donors (Lipinski definition) is 1. The molecule has 0 aromatic carbocycles. The SMILES string of the molecule is CC(C)=NC1=C(S)CN(C)CC1. The maximum absolute atomic E-state index is 4.45. The van der Waals surface area contributed by atoms with E-state index < -0.39 is 0 Å². The van der Waals surface area contributed by atoms with Gasteiger partial charge in [0.15, 0.2) is 0 Å². The van der Waals surface area contributed by atoms with Crippen molar-refractivity contribution in [2.24, 2.45) is 4.99 Å². The van der Waals surface area contributed by atoms with Crippen LogP contribution in [0.25, 0.3) is 0 Å². The summed E-state index contributed by atoms with van der Waals surface area (Å²) in [5, 5.41) is 0. The summed E-state index contributed by atoms with van der Waals surface area (Å²) in [5.41, 5.74) is 2.28. The van der Waals surface area contributed by atoms with Gasteiger partial charge in [-0.2, -0.15) is 0 Å². The van der Waals surface area contributed by atoms with Gasteiger partial charge in [-0.3, -0.25) is 4.99 Å². The van der Waals surface area contributed by atoms with Gasteiger partial charge in [0.25, 0.3) is 0 Å². The third-order valence-corrected chi connectivity index (χ3v) is 2.24. The predicted octanol–water partition coefficient (Wildman–Crippen LogP) is 1.94. The Morgan fingerprint density at radius 2 is 2.17 bits per heavy atom. The highest BCUT2D eigenvalue weighted by molar-refractivity contribution is 7.84. The van der Waals surface area contributed by atoms with Gasteiger partial charge in [-0.1, -0.05) is 0 Å². The van der Waals surface area contributed by atoms with Gasteiger partial charge in [0.2, 0.25) is 0 Å². The van der Waals surface area contributed by atoms with E-state index in [9.17, 15) is 0 Å². The normalized spacial score (nSPS) is 19.7. The number of nitrogens with zero attached hydrogens (tertiary/aromatic N) is 2. The van der Waals surface area contributed by atoms with E-state index in [1.165, 1.54) is 0 Å². The highest BCUT2D eigenvalue weighted by Crippen LogP contribution is 2.20. The number of rotatable bonds is 1. The van der Waals surface area contributed by atoms with E-state index in [4.69, 9.17) is 0 Å². The van der Waals surface area contributed by atoms with Crippen LogP contribution in [0.15, 0.2) is 15.6 Å². The quantitative estimate of drug-likeness (QED) is 0.486. The van der Waals surface area contributed by atoms with Crippen molar-refractivity contribution in [2.75, 3.05) is 20.1 Å². The minimum absolute atomic E-state index is 0.940. The van der Waals surface area contributed by atoms with Crippen molar-refractivity contribution in [2.45, 2.75) is 20.3 Å². The largest absolute Gasteiger partial charge is 0.301 e. The van der Waals surface area contributed by atoms with Crippen molar-refractivity contribution < 1.29 is 0 Å². The summed E-state index contributed by atoms with van der Waals surface area (Å²) < 4.78 is 0. The van der Waals surface area contributed by atoms with E-state index in [1.54, 1.807) is 0 Å². The first kappa shape index (κ1) is 9.81. The van der Waals surface area contributed by atoms with Gasteiger partial charge < -0.3 is 4.90 Å². The molecule has 1 rings (SSSR count). The van der Waals surface area contributed by atoms with Gasteiger partial charge in [-0.25, -0.2) is 0 Å². The molecule has 0 atom stereocenters. The molecule has 2 nitrogen and oxygen atoms in total. The van der Waals surface area contributed by atoms with Crippen molar-refractivity contribution in [1.82, 2.24) is 4.90 Å². The smallest absolute Gasteiger partial charge is 0.0520 e. The molecule has 0 saturated carbocycles. The number of aliphatic imine (C=N–C) groups is 1. The molecule has 0 saturated heterocycles. The summed E-state index contributed by atoms with van der Waals surface area (Å²) in [5.74, 6) is 0. The summed E-state index contributed by atoms with van der Waals surface area (Å²) in [4.78, 5) is 7.82. The molecular formula is C9H16N2S. The Labute approximate surface area is 79.8 Å².